The number of nitrogens with one attached hydrogen (secondary N) is 1. The summed E-state index contributed by atoms with van der Waals surface area (Å²) in [7, 11) is 0. The zero-order valence-corrected chi connectivity index (χ0v) is 10.8. The Morgan fingerprint density at radius 3 is 2.70 bits per heavy atom. The van der Waals surface area contributed by atoms with Gasteiger partial charge in [0.2, 0.25) is 0 Å². The third kappa shape index (κ3) is 2.64. The molecular weight excluding hydrogens is 260 g/mol. The van der Waals surface area contributed by atoms with Crippen molar-refractivity contribution >= 4 is 23.3 Å². The van der Waals surface area contributed by atoms with E-state index in [0.29, 0.717) is 23.4 Å². The van der Waals surface area contributed by atoms with Gasteiger partial charge in [-0.25, -0.2) is 4.79 Å². The van der Waals surface area contributed by atoms with Gasteiger partial charge in [-0.3, -0.25) is 4.79 Å². The summed E-state index contributed by atoms with van der Waals surface area (Å²) in [6.45, 7) is 1.86. The van der Waals surface area contributed by atoms with E-state index >= 15 is 0 Å². The van der Waals surface area contributed by atoms with E-state index < -0.39 is 11.9 Å². The Labute approximate surface area is 115 Å². The maximum Gasteiger partial charge on any atom is 0.337 e. The molecule has 1 aromatic carbocycles. The number of benzene rings is 1. The number of furan rings is 1. The van der Waals surface area contributed by atoms with Crippen LogP contribution in [0.1, 0.15) is 33.4 Å². The van der Waals surface area contributed by atoms with Gasteiger partial charge in [-0.1, -0.05) is 6.92 Å². The second-order valence-electron chi connectivity index (χ2n) is 4.18. The van der Waals surface area contributed by atoms with Gasteiger partial charge in [-0.05, 0) is 24.3 Å². The normalized spacial score (nSPS) is 10.2. The summed E-state index contributed by atoms with van der Waals surface area (Å²) >= 11 is 0. The minimum Gasteiger partial charge on any atom is -0.478 e. The highest BCUT2D eigenvalue weighted by atomic mass is 16.4. The zero-order valence-electron chi connectivity index (χ0n) is 10.8. The molecule has 20 heavy (non-hydrogen) atoms. The number of hydrogen-bond acceptors (Lipinski definition) is 4. The molecule has 0 saturated heterocycles. The summed E-state index contributed by atoms with van der Waals surface area (Å²) in [6.07, 6.45) is 2.00. The summed E-state index contributed by atoms with van der Waals surface area (Å²) in [5.74, 6) is -1.02. The van der Waals surface area contributed by atoms with E-state index in [-0.39, 0.29) is 11.3 Å². The fraction of sp³-hybridized carbons (Fsp3) is 0.143. The lowest BCUT2D eigenvalue weighted by atomic mass is 10.1. The highest BCUT2D eigenvalue weighted by molar-refractivity contribution is 6.08. The van der Waals surface area contributed by atoms with Crippen LogP contribution in [0.15, 0.2) is 34.9 Å². The number of carboxylic acid groups (broad SMARTS) is 1. The lowest BCUT2D eigenvalue weighted by Gasteiger charge is -2.09. The lowest BCUT2D eigenvalue weighted by molar-refractivity contribution is 0.0698. The van der Waals surface area contributed by atoms with E-state index in [2.05, 4.69) is 5.32 Å². The smallest absolute Gasteiger partial charge is 0.337 e. The van der Waals surface area contributed by atoms with Gasteiger partial charge in [0.1, 0.15) is 5.76 Å². The molecule has 6 nitrogen and oxygen atoms in total. The Balaban J connectivity index is 2.31. The number of anilines is 2. The van der Waals surface area contributed by atoms with Gasteiger partial charge in [0, 0.05) is 12.1 Å². The van der Waals surface area contributed by atoms with Gasteiger partial charge in [-0.15, -0.1) is 0 Å². The molecule has 2 aromatic rings. The number of carbonyl (C=O) groups excluding carboxylic acids is 1. The highest BCUT2D eigenvalue weighted by Crippen LogP contribution is 2.21. The van der Waals surface area contributed by atoms with Gasteiger partial charge in [0.15, 0.2) is 0 Å². The van der Waals surface area contributed by atoms with Crippen LogP contribution in [0.5, 0.6) is 0 Å². The fourth-order valence-electron chi connectivity index (χ4n) is 1.85. The van der Waals surface area contributed by atoms with Crippen LogP contribution < -0.4 is 11.1 Å². The van der Waals surface area contributed by atoms with Crippen LogP contribution in [0.4, 0.5) is 11.4 Å². The van der Waals surface area contributed by atoms with Crippen LogP contribution in [0.3, 0.4) is 0 Å². The van der Waals surface area contributed by atoms with Gasteiger partial charge >= 0.3 is 5.97 Å². The monoisotopic (exact) mass is 274 g/mol. The predicted octanol–water partition coefficient (Wildman–Crippen LogP) is 2.37. The van der Waals surface area contributed by atoms with Crippen LogP contribution in [-0.4, -0.2) is 17.0 Å². The molecule has 0 aliphatic carbocycles. The number of nitrogen functional groups attached to an aromatic ring is 1. The molecule has 0 aliphatic rings. The van der Waals surface area contributed by atoms with Gasteiger partial charge in [0.25, 0.3) is 5.91 Å². The molecule has 0 bridgehead atoms. The number of hydrogen-bond donors (Lipinski definition) is 3. The van der Waals surface area contributed by atoms with Crippen LogP contribution in [0, 0.1) is 0 Å². The first-order valence-corrected chi connectivity index (χ1v) is 6.03. The van der Waals surface area contributed by atoms with Gasteiger partial charge in [-0.2, -0.15) is 0 Å². The molecule has 1 heterocycles. The Kier molecular flexibility index (Phi) is 3.74. The Morgan fingerprint density at radius 1 is 1.30 bits per heavy atom. The molecule has 1 amide bonds. The minimum atomic E-state index is -1.16. The molecule has 0 saturated carbocycles. The van der Waals surface area contributed by atoms with Crippen molar-refractivity contribution in [3.63, 3.8) is 0 Å². The number of aryl methyl sites for hydroxylation is 1. The van der Waals surface area contributed by atoms with Gasteiger partial charge in [0.05, 0.1) is 23.1 Å². The number of amides is 1. The third-order valence-electron chi connectivity index (χ3n) is 2.83. The number of rotatable bonds is 4. The molecule has 1 aromatic heterocycles. The van der Waals surface area contributed by atoms with E-state index in [9.17, 15) is 9.59 Å². The van der Waals surface area contributed by atoms with Crippen molar-refractivity contribution in [1.29, 1.82) is 0 Å². The fourth-order valence-corrected chi connectivity index (χ4v) is 1.85. The maximum absolute atomic E-state index is 12.1. The predicted molar refractivity (Wildman–Crippen MR) is 73.9 cm³/mol. The summed E-state index contributed by atoms with van der Waals surface area (Å²) in [5, 5.41) is 11.7. The summed E-state index contributed by atoms with van der Waals surface area (Å²) in [5.41, 5.74) is 6.39. The molecule has 0 unspecified atom stereocenters. The Hall–Kier alpha value is -2.76. The number of nitrogens with two attached hydrogens (primary N) is 1. The summed E-state index contributed by atoms with van der Waals surface area (Å²) < 4.78 is 5.17. The first kappa shape index (κ1) is 13.7. The molecule has 104 valence electrons. The van der Waals surface area contributed by atoms with Crippen molar-refractivity contribution in [2.75, 3.05) is 11.1 Å². The van der Waals surface area contributed by atoms with Crippen LogP contribution in [0.2, 0.25) is 0 Å². The summed E-state index contributed by atoms with van der Waals surface area (Å²) in [6, 6.07) is 5.83. The van der Waals surface area contributed by atoms with Crippen LogP contribution >= 0.6 is 0 Å². The van der Waals surface area contributed by atoms with E-state index in [1.54, 1.807) is 6.07 Å². The van der Waals surface area contributed by atoms with Crippen LogP contribution in [0.25, 0.3) is 0 Å². The Morgan fingerprint density at radius 2 is 2.05 bits per heavy atom. The lowest BCUT2D eigenvalue weighted by Crippen LogP contribution is -2.15. The molecule has 0 radical (unpaired) electrons. The molecule has 6 heteroatoms. The molecule has 4 N–H and O–H groups in total. The minimum absolute atomic E-state index is 0.0557. The molecule has 0 fully saturated rings. The Bertz CT molecular complexity index is 661. The molecule has 0 spiro atoms. The SMILES string of the molecule is CCc1occc1C(=O)Nc1ccc(N)cc1C(=O)O. The quantitative estimate of drug-likeness (QED) is 0.742. The van der Waals surface area contributed by atoms with Crippen molar-refractivity contribution in [2.24, 2.45) is 0 Å². The molecular formula is C14H14N2O4. The standard InChI is InChI=1S/C14H14N2O4/c1-2-12-9(5-6-20-12)13(17)16-11-4-3-8(15)7-10(11)14(18)19/h3-7H,2,15H2,1H3,(H,16,17)(H,18,19). The summed E-state index contributed by atoms with van der Waals surface area (Å²) in [4.78, 5) is 23.3. The maximum atomic E-state index is 12.1. The first-order valence-electron chi connectivity index (χ1n) is 6.03. The second-order valence-corrected chi connectivity index (χ2v) is 4.18. The van der Waals surface area contributed by atoms with Crippen molar-refractivity contribution in [3.05, 3.63) is 47.4 Å². The molecule has 0 atom stereocenters. The van der Waals surface area contributed by atoms with E-state index in [1.165, 1.54) is 24.5 Å². The zero-order chi connectivity index (χ0) is 14.7. The van der Waals surface area contributed by atoms with E-state index in [1.807, 2.05) is 6.92 Å². The van der Waals surface area contributed by atoms with Crippen molar-refractivity contribution < 1.29 is 19.1 Å². The second kappa shape index (κ2) is 5.48. The average Bonchev–Trinajstić information content (AvgIpc) is 2.89. The largest absolute Gasteiger partial charge is 0.478 e. The van der Waals surface area contributed by atoms with Crippen molar-refractivity contribution in [1.82, 2.24) is 0 Å². The topological polar surface area (TPSA) is 106 Å². The van der Waals surface area contributed by atoms with E-state index in [4.69, 9.17) is 15.3 Å². The first-order chi connectivity index (χ1) is 9.52. The van der Waals surface area contributed by atoms with Crippen LogP contribution in [-0.2, 0) is 6.42 Å². The number of aromatic carboxylic acids is 1. The van der Waals surface area contributed by atoms with Gasteiger partial charge < -0.3 is 20.6 Å². The molecule has 0 aliphatic heterocycles. The van der Waals surface area contributed by atoms with Crippen molar-refractivity contribution in [3.8, 4) is 0 Å². The number of carbonyl (C=O) groups is 2. The third-order valence-corrected chi connectivity index (χ3v) is 2.83. The van der Waals surface area contributed by atoms with E-state index in [0.717, 1.165) is 0 Å². The highest BCUT2D eigenvalue weighted by Gasteiger charge is 2.17. The molecule has 2 rings (SSSR count). The average molecular weight is 274 g/mol. The van der Waals surface area contributed by atoms with Crippen molar-refractivity contribution in [2.45, 2.75) is 13.3 Å². The number of carboxylic acids is 1.